The summed E-state index contributed by atoms with van der Waals surface area (Å²) in [5.41, 5.74) is 1.27. The molecule has 1 aromatic heterocycles. The number of hydrogen-bond donors (Lipinski definition) is 0. The Kier molecular flexibility index (Phi) is 4.07. The topological polar surface area (TPSA) is 33.2 Å². The van der Waals surface area contributed by atoms with Crippen LogP contribution in [0.4, 0.5) is 5.69 Å². The highest BCUT2D eigenvalue weighted by Gasteiger charge is 2.19. The van der Waals surface area contributed by atoms with Gasteiger partial charge in [0.05, 0.1) is 5.56 Å². The summed E-state index contributed by atoms with van der Waals surface area (Å²) < 4.78 is 0. The van der Waals surface area contributed by atoms with Crippen LogP contribution in [0.15, 0.2) is 60.8 Å². The van der Waals surface area contributed by atoms with Crippen LogP contribution in [0.3, 0.4) is 0 Å². The zero-order valence-electron chi connectivity index (χ0n) is 12.2. The van der Waals surface area contributed by atoms with Crippen molar-refractivity contribution in [2.75, 3.05) is 11.4 Å². The molecule has 0 saturated heterocycles. The van der Waals surface area contributed by atoms with Crippen LogP contribution in [0.1, 0.15) is 17.3 Å². The minimum atomic E-state index is -0.143. The third-order valence-corrected chi connectivity index (χ3v) is 3.90. The van der Waals surface area contributed by atoms with Gasteiger partial charge in [-0.25, -0.2) is 4.98 Å². The Balaban J connectivity index is 2.02. The molecule has 2 aromatic carbocycles. The van der Waals surface area contributed by atoms with Gasteiger partial charge >= 0.3 is 0 Å². The number of benzene rings is 2. The lowest BCUT2D eigenvalue weighted by Crippen LogP contribution is -2.30. The molecule has 0 radical (unpaired) electrons. The molecule has 0 aliphatic carbocycles. The fourth-order valence-corrected chi connectivity index (χ4v) is 2.68. The summed E-state index contributed by atoms with van der Waals surface area (Å²) in [5.74, 6) is -0.143. The van der Waals surface area contributed by atoms with Crippen LogP contribution in [0.2, 0.25) is 5.15 Å². The highest BCUT2D eigenvalue weighted by molar-refractivity contribution is 6.33. The number of rotatable bonds is 3. The van der Waals surface area contributed by atoms with Gasteiger partial charge < -0.3 is 4.90 Å². The fourth-order valence-electron chi connectivity index (χ4n) is 2.48. The van der Waals surface area contributed by atoms with Crippen molar-refractivity contribution in [3.05, 3.63) is 71.5 Å². The van der Waals surface area contributed by atoms with Gasteiger partial charge in [-0.2, -0.15) is 0 Å². The van der Waals surface area contributed by atoms with E-state index >= 15 is 0 Å². The molecule has 1 heterocycles. The lowest BCUT2D eigenvalue weighted by atomic mass is 10.1. The van der Waals surface area contributed by atoms with E-state index in [0.29, 0.717) is 12.1 Å². The van der Waals surface area contributed by atoms with E-state index in [0.717, 1.165) is 16.5 Å². The number of fused-ring (bicyclic) bond motifs is 1. The largest absolute Gasteiger partial charge is 0.309 e. The van der Waals surface area contributed by atoms with E-state index in [4.69, 9.17) is 11.6 Å². The van der Waals surface area contributed by atoms with E-state index in [9.17, 15) is 4.79 Å². The van der Waals surface area contributed by atoms with Crippen LogP contribution in [-0.2, 0) is 0 Å². The molecule has 0 aliphatic rings. The standard InChI is InChI=1S/C18H15ClN2O/c1-2-21(18(22)16-8-5-11-20-17(16)19)15-10-9-13-6-3-4-7-14(13)12-15/h3-12H,2H2,1H3. The number of carbonyl (C=O) groups is 1. The Bertz CT molecular complexity index is 832. The Morgan fingerprint density at radius 2 is 1.86 bits per heavy atom. The molecule has 0 unspecified atom stereocenters. The fraction of sp³-hybridized carbons (Fsp3) is 0.111. The van der Waals surface area contributed by atoms with Gasteiger partial charge in [-0.3, -0.25) is 4.79 Å². The van der Waals surface area contributed by atoms with E-state index in [1.165, 1.54) is 0 Å². The average Bonchev–Trinajstić information content (AvgIpc) is 2.55. The SMILES string of the molecule is CCN(C(=O)c1cccnc1Cl)c1ccc2ccccc2c1. The van der Waals surface area contributed by atoms with Crippen LogP contribution >= 0.6 is 11.6 Å². The van der Waals surface area contributed by atoms with Gasteiger partial charge in [-0.05, 0) is 42.0 Å². The van der Waals surface area contributed by atoms with Gasteiger partial charge in [0.25, 0.3) is 5.91 Å². The van der Waals surface area contributed by atoms with Gasteiger partial charge in [0, 0.05) is 18.4 Å². The molecule has 3 rings (SSSR count). The van der Waals surface area contributed by atoms with Crippen molar-refractivity contribution < 1.29 is 4.79 Å². The number of halogens is 1. The molecule has 110 valence electrons. The number of anilines is 1. The molecule has 0 bridgehead atoms. The highest BCUT2D eigenvalue weighted by atomic mass is 35.5. The maximum atomic E-state index is 12.7. The molecule has 0 N–H and O–H groups in total. The molecule has 0 atom stereocenters. The molecule has 0 saturated carbocycles. The number of hydrogen-bond acceptors (Lipinski definition) is 2. The van der Waals surface area contributed by atoms with Crippen molar-refractivity contribution in [3.63, 3.8) is 0 Å². The van der Waals surface area contributed by atoms with Crippen LogP contribution in [0, 0.1) is 0 Å². The molecule has 0 spiro atoms. The van der Waals surface area contributed by atoms with Gasteiger partial charge in [0.1, 0.15) is 5.15 Å². The molecular formula is C18H15ClN2O. The maximum Gasteiger partial charge on any atom is 0.261 e. The summed E-state index contributed by atoms with van der Waals surface area (Å²) in [6, 6.07) is 17.5. The van der Waals surface area contributed by atoms with Crippen LogP contribution in [0.5, 0.6) is 0 Å². The minimum Gasteiger partial charge on any atom is -0.309 e. The second kappa shape index (κ2) is 6.16. The molecule has 0 aliphatic heterocycles. The minimum absolute atomic E-state index is 0.143. The predicted octanol–water partition coefficient (Wildman–Crippen LogP) is 4.55. The molecule has 1 amide bonds. The average molecular weight is 311 g/mol. The first kappa shape index (κ1) is 14.5. The van der Waals surface area contributed by atoms with Gasteiger partial charge in [-0.1, -0.05) is 41.9 Å². The van der Waals surface area contributed by atoms with Crippen molar-refractivity contribution in [2.45, 2.75) is 6.92 Å². The second-order valence-corrected chi connectivity index (χ2v) is 5.28. The number of amides is 1. The quantitative estimate of drug-likeness (QED) is 0.665. The predicted molar refractivity (Wildman–Crippen MR) is 90.5 cm³/mol. The van der Waals surface area contributed by atoms with E-state index in [-0.39, 0.29) is 11.1 Å². The summed E-state index contributed by atoms with van der Waals surface area (Å²) >= 11 is 6.04. The number of carbonyl (C=O) groups excluding carboxylic acids is 1. The van der Waals surface area contributed by atoms with Crippen LogP contribution in [-0.4, -0.2) is 17.4 Å². The first-order valence-electron chi connectivity index (χ1n) is 7.12. The third-order valence-electron chi connectivity index (χ3n) is 3.60. The summed E-state index contributed by atoms with van der Waals surface area (Å²) in [6.07, 6.45) is 1.57. The Labute approximate surface area is 134 Å². The molecule has 3 aromatic rings. The van der Waals surface area contributed by atoms with Crippen LogP contribution in [0.25, 0.3) is 10.8 Å². The zero-order valence-corrected chi connectivity index (χ0v) is 12.9. The lowest BCUT2D eigenvalue weighted by molar-refractivity contribution is 0.0988. The maximum absolute atomic E-state index is 12.7. The van der Waals surface area contributed by atoms with Crippen LogP contribution < -0.4 is 4.90 Å². The van der Waals surface area contributed by atoms with Gasteiger partial charge in [-0.15, -0.1) is 0 Å². The molecule has 22 heavy (non-hydrogen) atoms. The normalized spacial score (nSPS) is 10.6. The Morgan fingerprint density at radius 1 is 1.09 bits per heavy atom. The van der Waals surface area contributed by atoms with E-state index in [1.54, 1.807) is 23.2 Å². The first-order chi connectivity index (χ1) is 10.7. The van der Waals surface area contributed by atoms with Crippen molar-refractivity contribution in [1.29, 1.82) is 0 Å². The number of nitrogens with zero attached hydrogens (tertiary/aromatic N) is 2. The smallest absolute Gasteiger partial charge is 0.261 e. The third kappa shape index (κ3) is 2.68. The van der Waals surface area contributed by atoms with E-state index in [2.05, 4.69) is 11.1 Å². The summed E-state index contributed by atoms with van der Waals surface area (Å²) in [7, 11) is 0. The van der Waals surface area contributed by atoms with Crippen molar-refractivity contribution in [1.82, 2.24) is 4.98 Å². The number of pyridine rings is 1. The van der Waals surface area contributed by atoms with E-state index < -0.39 is 0 Å². The monoisotopic (exact) mass is 310 g/mol. The van der Waals surface area contributed by atoms with Crippen molar-refractivity contribution in [3.8, 4) is 0 Å². The lowest BCUT2D eigenvalue weighted by Gasteiger charge is -2.22. The summed E-state index contributed by atoms with van der Waals surface area (Å²) in [5, 5.41) is 2.48. The second-order valence-electron chi connectivity index (χ2n) is 4.92. The van der Waals surface area contributed by atoms with Gasteiger partial charge in [0.2, 0.25) is 0 Å². The first-order valence-corrected chi connectivity index (χ1v) is 7.49. The molecule has 4 heteroatoms. The Morgan fingerprint density at radius 3 is 2.59 bits per heavy atom. The van der Waals surface area contributed by atoms with Crippen molar-refractivity contribution >= 4 is 34.0 Å². The van der Waals surface area contributed by atoms with Crippen molar-refractivity contribution in [2.24, 2.45) is 0 Å². The molecular weight excluding hydrogens is 296 g/mol. The zero-order chi connectivity index (χ0) is 15.5. The molecule has 3 nitrogen and oxygen atoms in total. The Hall–Kier alpha value is -2.39. The number of aromatic nitrogens is 1. The summed E-state index contributed by atoms with van der Waals surface area (Å²) in [4.78, 5) is 18.4. The molecule has 0 fully saturated rings. The highest BCUT2D eigenvalue weighted by Crippen LogP contribution is 2.24. The van der Waals surface area contributed by atoms with E-state index in [1.807, 2.05) is 43.3 Å². The summed E-state index contributed by atoms with van der Waals surface area (Å²) in [6.45, 7) is 2.50. The van der Waals surface area contributed by atoms with Gasteiger partial charge in [0.15, 0.2) is 0 Å².